The van der Waals surface area contributed by atoms with Crippen molar-refractivity contribution < 1.29 is 23.9 Å². The van der Waals surface area contributed by atoms with Crippen LogP contribution in [0.15, 0.2) is 77.3 Å². The van der Waals surface area contributed by atoms with Gasteiger partial charge in [-0.05, 0) is 54.4 Å². The molecule has 2 aliphatic rings. The highest BCUT2D eigenvalue weighted by Gasteiger charge is 2.59. The predicted octanol–water partition coefficient (Wildman–Crippen LogP) is 4.90. The monoisotopic (exact) mass is 536 g/mol. The average Bonchev–Trinajstić information content (AvgIpc) is 3.33. The van der Waals surface area contributed by atoms with Gasteiger partial charge >= 0.3 is 0 Å². The summed E-state index contributed by atoms with van der Waals surface area (Å²) in [5.74, 6) is -0.104. The third kappa shape index (κ3) is 4.45. The minimum absolute atomic E-state index is 0.279. The molecule has 3 aromatic carbocycles. The van der Waals surface area contributed by atoms with E-state index in [1.54, 1.807) is 36.4 Å². The fourth-order valence-corrected chi connectivity index (χ4v) is 4.91. The molecule has 2 heterocycles. The largest absolute Gasteiger partial charge is 0.490 e. The number of hydroxylamine groups is 2. The number of ether oxygens (including phenoxy) is 2. The Bertz CT molecular complexity index is 1230. The molecule has 8 heteroatoms. The molecule has 0 aliphatic carbocycles. The van der Waals surface area contributed by atoms with E-state index in [1.165, 1.54) is 4.90 Å². The van der Waals surface area contributed by atoms with Gasteiger partial charge in [0.05, 0.1) is 24.3 Å². The summed E-state index contributed by atoms with van der Waals surface area (Å²) in [6.07, 6.45) is -0.870. The molecular weight excluding hydrogens is 512 g/mol. The lowest BCUT2D eigenvalue weighted by Crippen LogP contribution is -2.36. The third-order valence-corrected chi connectivity index (χ3v) is 6.77. The number of benzene rings is 3. The van der Waals surface area contributed by atoms with Gasteiger partial charge in [0.15, 0.2) is 17.6 Å². The van der Waals surface area contributed by atoms with Crippen molar-refractivity contribution in [2.45, 2.75) is 25.7 Å². The van der Waals surface area contributed by atoms with E-state index in [1.807, 2.05) is 55.5 Å². The smallest absolute Gasteiger partial charge is 0.265 e. The van der Waals surface area contributed by atoms with Gasteiger partial charge in [0.1, 0.15) is 6.61 Å². The molecular formula is C27H25BrN2O5. The number of hydrogen-bond donors (Lipinski definition) is 0. The number of carbonyl (C=O) groups excluding carboxylic acids is 2. The zero-order valence-corrected chi connectivity index (χ0v) is 21.0. The Balaban J connectivity index is 1.42. The fourth-order valence-electron chi connectivity index (χ4n) is 4.64. The highest BCUT2D eigenvalue weighted by atomic mass is 79.9. The molecule has 35 heavy (non-hydrogen) atoms. The molecule has 0 bridgehead atoms. The highest BCUT2D eigenvalue weighted by molar-refractivity contribution is 9.10. The first-order valence-corrected chi connectivity index (χ1v) is 12.2. The van der Waals surface area contributed by atoms with Gasteiger partial charge in [-0.25, -0.2) is 4.90 Å². The van der Waals surface area contributed by atoms with Crippen LogP contribution in [0.3, 0.4) is 0 Å². The molecule has 0 radical (unpaired) electrons. The zero-order valence-electron chi connectivity index (χ0n) is 19.4. The number of amides is 2. The van der Waals surface area contributed by atoms with Crippen LogP contribution in [0, 0.1) is 5.92 Å². The Kier molecular flexibility index (Phi) is 6.60. The lowest BCUT2D eigenvalue weighted by Gasteiger charge is -2.25. The molecule has 0 spiro atoms. The lowest BCUT2D eigenvalue weighted by molar-refractivity contribution is -0.160. The summed E-state index contributed by atoms with van der Waals surface area (Å²) in [4.78, 5) is 33.7. The van der Waals surface area contributed by atoms with Crippen LogP contribution in [0.4, 0.5) is 5.69 Å². The van der Waals surface area contributed by atoms with Crippen molar-refractivity contribution in [3.63, 3.8) is 0 Å². The summed E-state index contributed by atoms with van der Waals surface area (Å²) in [5, 5.41) is 1.60. The van der Waals surface area contributed by atoms with Gasteiger partial charge < -0.3 is 9.47 Å². The number of anilines is 1. The van der Waals surface area contributed by atoms with Gasteiger partial charge in [-0.15, -0.1) is 0 Å². The van der Waals surface area contributed by atoms with Gasteiger partial charge in [0.2, 0.25) is 5.91 Å². The first-order valence-electron chi connectivity index (χ1n) is 11.4. The number of nitrogens with zero attached hydrogens (tertiary/aromatic N) is 2. The number of hydrogen-bond acceptors (Lipinski definition) is 6. The summed E-state index contributed by atoms with van der Waals surface area (Å²) in [6.45, 7) is 2.78. The average molecular weight is 537 g/mol. The summed E-state index contributed by atoms with van der Waals surface area (Å²) >= 11 is 3.39. The Morgan fingerprint density at radius 1 is 0.914 bits per heavy atom. The highest BCUT2D eigenvalue weighted by Crippen LogP contribution is 2.46. The summed E-state index contributed by atoms with van der Waals surface area (Å²) in [7, 11) is 1.74. The number of imide groups is 1. The maximum Gasteiger partial charge on any atom is 0.265 e. The van der Waals surface area contributed by atoms with E-state index in [-0.39, 0.29) is 11.8 Å². The maximum atomic E-state index is 13.5. The van der Waals surface area contributed by atoms with Crippen molar-refractivity contribution in [3.05, 3.63) is 88.4 Å². The molecule has 2 amide bonds. The molecule has 0 aromatic heterocycles. The Morgan fingerprint density at radius 2 is 1.66 bits per heavy atom. The SMILES string of the molecule is CCOc1cc([C@@H]2[C@H]3C(=O)N(c4ccc(Br)cc4)C(=O)[C@@H]3ON2C)ccc1OCc1ccccc1. The summed E-state index contributed by atoms with van der Waals surface area (Å²) < 4.78 is 12.8. The number of rotatable bonds is 7. The van der Waals surface area contributed by atoms with Gasteiger partial charge in [-0.3, -0.25) is 14.4 Å². The van der Waals surface area contributed by atoms with Crippen molar-refractivity contribution >= 4 is 33.4 Å². The first kappa shape index (κ1) is 23.5. The standard InChI is InChI=1S/C27H25BrN2O5/c1-3-33-22-15-18(9-14-21(22)34-16-17-7-5-4-6-8-17)24-23-25(35-29(24)2)27(32)30(26(23)31)20-12-10-19(28)11-13-20/h4-15,23-25H,3,16H2,1-2H3/t23-,24-,25-/m1/s1. The molecule has 2 aliphatic heterocycles. The molecule has 2 saturated heterocycles. The number of carbonyl (C=O) groups is 2. The number of fused-ring (bicyclic) bond motifs is 1. The van der Waals surface area contributed by atoms with Crippen LogP contribution in [0.5, 0.6) is 11.5 Å². The van der Waals surface area contributed by atoms with Crippen LogP contribution in [0.2, 0.25) is 0 Å². The summed E-state index contributed by atoms with van der Waals surface area (Å²) in [6, 6.07) is 22.2. The second-order valence-electron chi connectivity index (χ2n) is 8.44. The van der Waals surface area contributed by atoms with E-state index in [0.29, 0.717) is 30.4 Å². The normalized spacial score (nSPS) is 21.9. The molecule has 3 aromatic rings. The molecule has 3 atom stereocenters. The molecule has 0 N–H and O–H groups in total. The van der Waals surface area contributed by atoms with Gasteiger partial charge in [-0.1, -0.05) is 52.3 Å². The third-order valence-electron chi connectivity index (χ3n) is 6.24. The minimum Gasteiger partial charge on any atom is -0.490 e. The molecule has 5 rings (SSSR count). The first-order chi connectivity index (χ1) is 17.0. The second kappa shape index (κ2) is 9.81. The second-order valence-corrected chi connectivity index (χ2v) is 9.36. The molecule has 0 unspecified atom stereocenters. The topological polar surface area (TPSA) is 68.3 Å². The van der Waals surface area contributed by atoms with Crippen molar-refractivity contribution in [2.75, 3.05) is 18.6 Å². The zero-order chi connectivity index (χ0) is 24.5. The van der Waals surface area contributed by atoms with Crippen LogP contribution in [-0.4, -0.2) is 36.6 Å². The van der Waals surface area contributed by atoms with Crippen LogP contribution >= 0.6 is 15.9 Å². The van der Waals surface area contributed by atoms with Crippen LogP contribution in [0.1, 0.15) is 24.1 Å². The van der Waals surface area contributed by atoms with Crippen molar-refractivity contribution in [3.8, 4) is 11.5 Å². The Labute approximate surface area is 212 Å². The fraction of sp³-hybridized carbons (Fsp3) is 0.259. The van der Waals surface area contributed by atoms with Crippen molar-refractivity contribution in [2.24, 2.45) is 5.92 Å². The van der Waals surface area contributed by atoms with Gasteiger partial charge in [0.25, 0.3) is 5.91 Å². The maximum absolute atomic E-state index is 13.5. The van der Waals surface area contributed by atoms with Gasteiger partial charge in [0, 0.05) is 11.5 Å². The molecule has 180 valence electrons. The Morgan fingerprint density at radius 3 is 2.37 bits per heavy atom. The van der Waals surface area contributed by atoms with Crippen molar-refractivity contribution in [1.29, 1.82) is 0 Å². The molecule has 0 saturated carbocycles. The minimum atomic E-state index is -0.870. The van der Waals surface area contributed by atoms with Crippen LogP contribution in [0.25, 0.3) is 0 Å². The van der Waals surface area contributed by atoms with E-state index in [9.17, 15) is 9.59 Å². The van der Waals surface area contributed by atoms with E-state index >= 15 is 0 Å². The van der Waals surface area contributed by atoms with E-state index in [2.05, 4.69) is 15.9 Å². The van der Waals surface area contributed by atoms with E-state index < -0.39 is 18.1 Å². The van der Waals surface area contributed by atoms with Crippen LogP contribution < -0.4 is 14.4 Å². The van der Waals surface area contributed by atoms with Gasteiger partial charge in [-0.2, -0.15) is 5.06 Å². The predicted molar refractivity (Wildman–Crippen MR) is 134 cm³/mol. The summed E-state index contributed by atoms with van der Waals surface area (Å²) in [5.41, 5.74) is 2.39. The Hall–Kier alpha value is -3.20. The van der Waals surface area contributed by atoms with Crippen LogP contribution in [-0.2, 0) is 21.0 Å². The molecule has 2 fully saturated rings. The quantitative estimate of drug-likeness (QED) is 0.400. The lowest BCUT2D eigenvalue weighted by atomic mass is 9.91. The molecule has 7 nitrogen and oxygen atoms in total. The van der Waals surface area contributed by atoms with E-state index in [4.69, 9.17) is 14.3 Å². The van der Waals surface area contributed by atoms with E-state index in [0.717, 1.165) is 15.6 Å². The number of halogens is 1. The van der Waals surface area contributed by atoms with Crippen molar-refractivity contribution in [1.82, 2.24) is 5.06 Å².